The molecule has 1 amide bonds. The van der Waals surface area contributed by atoms with E-state index in [1.54, 1.807) is 0 Å². The van der Waals surface area contributed by atoms with Crippen molar-refractivity contribution in [2.24, 2.45) is 11.1 Å². The molecule has 6 heteroatoms. The van der Waals surface area contributed by atoms with E-state index in [4.69, 9.17) is 5.14 Å². The van der Waals surface area contributed by atoms with E-state index in [0.717, 1.165) is 19.3 Å². The second-order valence-electron chi connectivity index (χ2n) is 6.05. The predicted octanol–water partition coefficient (Wildman–Crippen LogP) is 1.20. The number of fused-ring (bicyclic) bond motifs is 1. The highest BCUT2D eigenvalue weighted by Crippen LogP contribution is 2.37. The van der Waals surface area contributed by atoms with Crippen molar-refractivity contribution >= 4 is 15.9 Å². The van der Waals surface area contributed by atoms with Crippen molar-refractivity contribution in [1.29, 1.82) is 0 Å². The molecule has 1 aromatic carbocycles. The van der Waals surface area contributed by atoms with Gasteiger partial charge in [-0.2, -0.15) is 0 Å². The van der Waals surface area contributed by atoms with Gasteiger partial charge in [0, 0.05) is 18.9 Å². The van der Waals surface area contributed by atoms with Gasteiger partial charge in [0.05, 0.1) is 11.8 Å². The number of nitrogens with zero attached hydrogens (tertiary/aromatic N) is 1. The molecule has 1 aliphatic heterocycles. The van der Waals surface area contributed by atoms with E-state index in [9.17, 15) is 13.2 Å². The summed E-state index contributed by atoms with van der Waals surface area (Å²) < 4.78 is 22.4. The minimum absolute atomic E-state index is 0.0466. The number of likely N-dealkylation sites (tertiary alicyclic amines) is 1. The maximum atomic E-state index is 12.3. The van der Waals surface area contributed by atoms with Gasteiger partial charge in [-0.25, -0.2) is 13.6 Å². The Morgan fingerprint density at radius 3 is 2.81 bits per heavy atom. The molecule has 5 nitrogen and oxygen atoms in total. The molecule has 0 aromatic heterocycles. The summed E-state index contributed by atoms with van der Waals surface area (Å²) >= 11 is 0. The molecule has 2 aliphatic rings. The third-order valence-corrected chi connectivity index (χ3v) is 5.36. The summed E-state index contributed by atoms with van der Waals surface area (Å²) in [5.41, 5.74) is 2.52. The smallest absolute Gasteiger partial charge is 0.223 e. The number of carbonyl (C=O) groups is 1. The molecular weight excluding hydrogens is 288 g/mol. The zero-order chi connectivity index (χ0) is 15.0. The largest absolute Gasteiger partial charge is 0.335 e. The molecule has 1 fully saturated rings. The monoisotopic (exact) mass is 308 g/mol. The van der Waals surface area contributed by atoms with Gasteiger partial charge in [-0.3, -0.25) is 4.79 Å². The van der Waals surface area contributed by atoms with Gasteiger partial charge in [-0.1, -0.05) is 24.3 Å². The van der Waals surface area contributed by atoms with Crippen LogP contribution in [0.2, 0.25) is 0 Å². The van der Waals surface area contributed by atoms with E-state index in [1.165, 1.54) is 11.1 Å². The zero-order valence-corrected chi connectivity index (χ0v) is 12.7. The number of rotatable bonds is 3. The number of benzene rings is 1. The van der Waals surface area contributed by atoms with Gasteiger partial charge in [0.25, 0.3) is 0 Å². The predicted molar refractivity (Wildman–Crippen MR) is 79.9 cm³/mol. The number of hydrogen-bond acceptors (Lipinski definition) is 3. The molecule has 21 heavy (non-hydrogen) atoms. The van der Waals surface area contributed by atoms with Crippen LogP contribution in [-0.4, -0.2) is 31.5 Å². The summed E-state index contributed by atoms with van der Waals surface area (Å²) in [6.45, 7) is 0.494. The van der Waals surface area contributed by atoms with Crippen LogP contribution < -0.4 is 5.14 Å². The molecule has 114 valence electrons. The van der Waals surface area contributed by atoms with Crippen molar-refractivity contribution in [3.63, 3.8) is 0 Å². The average molecular weight is 308 g/mol. The molecule has 0 bridgehead atoms. The molecule has 2 atom stereocenters. The molecule has 1 unspecified atom stereocenters. The topological polar surface area (TPSA) is 80.5 Å². The number of nitrogens with two attached hydrogens (primary N) is 1. The Labute approximate surface area is 125 Å². The normalized spacial score (nSPS) is 26.0. The molecule has 3 rings (SSSR count). The third-order valence-electron chi connectivity index (χ3n) is 4.42. The van der Waals surface area contributed by atoms with E-state index in [0.29, 0.717) is 6.54 Å². The summed E-state index contributed by atoms with van der Waals surface area (Å²) in [5.74, 6) is -0.240. The van der Waals surface area contributed by atoms with E-state index < -0.39 is 10.0 Å². The number of sulfonamides is 1. The fourth-order valence-electron chi connectivity index (χ4n) is 3.60. The highest BCUT2D eigenvalue weighted by atomic mass is 32.2. The van der Waals surface area contributed by atoms with Crippen LogP contribution in [0.3, 0.4) is 0 Å². The molecule has 1 heterocycles. The van der Waals surface area contributed by atoms with Crippen LogP contribution in [0.5, 0.6) is 0 Å². The molecule has 1 aromatic rings. The number of primary sulfonamides is 1. The Morgan fingerprint density at radius 2 is 2.05 bits per heavy atom. The Balaban J connectivity index is 1.81. The first-order chi connectivity index (χ1) is 9.94. The lowest BCUT2D eigenvalue weighted by molar-refractivity contribution is -0.130. The molecule has 1 aliphatic carbocycles. The van der Waals surface area contributed by atoms with Crippen LogP contribution >= 0.6 is 0 Å². The lowest BCUT2D eigenvalue weighted by Gasteiger charge is -2.33. The maximum Gasteiger partial charge on any atom is 0.223 e. The van der Waals surface area contributed by atoms with Gasteiger partial charge in [0.2, 0.25) is 15.9 Å². The summed E-state index contributed by atoms with van der Waals surface area (Å²) in [6.07, 6.45) is 3.35. The van der Waals surface area contributed by atoms with Gasteiger partial charge in [-0.05, 0) is 30.4 Å². The first-order valence-corrected chi connectivity index (χ1v) is 9.03. The number of hydrogen-bond donors (Lipinski definition) is 1. The highest BCUT2D eigenvalue weighted by Gasteiger charge is 2.37. The first kappa shape index (κ1) is 14.5. The van der Waals surface area contributed by atoms with Crippen molar-refractivity contribution in [3.8, 4) is 0 Å². The van der Waals surface area contributed by atoms with Gasteiger partial charge in [0.15, 0.2) is 0 Å². The van der Waals surface area contributed by atoms with Gasteiger partial charge in [0.1, 0.15) is 0 Å². The molecule has 0 saturated carbocycles. The van der Waals surface area contributed by atoms with Crippen molar-refractivity contribution in [1.82, 2.24) is 4.90 Å². The van der Waals surface area contributed by atoms with E-state index in [-0.39, 0.29) is 30.0 Å². The van der Waals surface area contributed by atoms with Gasteiger partial charge >= 0.3 is 0 Å². The van der Waals surface area contributed by atoms with Crippen LogP contribution in [0.1, 0.15) is 36.4 Å². The molecule has 0 spiro atoms. The summed E-state index contributed by atoms with van der Waals surface area (Å²) in [7, 11) is -3.52. The fraction of sp³-hybridized carbons (Fsp3) is 0.533. The number of carbonyl (C=O) groups excluding carboxylic acids is 1. The average Bonchev–Trinajstić information content (AvgIpc) is 2.76. The van der Waals surface area contributed by atoms with Crippen molar-refractivity contribution in [3.05, 3.63) is 35.4 Å². The zero-order valence-electron chi connectivity index (χ0n) is 11.9. The van der Waals surface area contributed by atoms with E-state index in [2.05, 4.69) is 12.1 Å². The van der Waals surface area contributed by atoms with Crippen LogP contribution in [-0.2, 0) is 21.2 Å². The highest BCUT2D eigenvalue weighted by molar-refractivity contribution is 7.89. The standard InChI is InChI=1S/C15H20N2O3S/c16-21(19,20)10-11-8-15(18)17(9-11)14-7-3-5-12-4-1-2-6-13(12)14/h1-2,4,6,11,14H,3,5,7-10H2,(H2,16,19,20)/t11?,14-/m0/s1. The van der Waals surface area contributed by atoms with Gasteiger partial charge < -0.3 is 4.90 Å². The van der Waals surface area contributed by atoms with Crippen LogP contribution in [0.4, 0.5) is 0 Å². The summed E-state index contributed by atoms with van der Waals surface area (Å²) in [5, 5.41) is 5.10. The lowest BCUT2D eigenvalue weighted by atomic mass is 9.87. The van der Waals surface area contributed by atoms with Crippen molar-refractivity contribution in [2.45, 2.75) is 31.7 Å². The summed E-state index contributed by atoms with van der Waals surface area (Å²) in [4.78, 5) is 14.1. The Kier molecular flexibility index (Phi) is 3.75. The van der Waals surface area contributed by atoms with Gasteiger partial charge in [-0.15, -0.1) is 0 Å². The van der Waals surface area contributed by atoms with Crippen LogP contribution in [0.25, 0.3) is 0 Å². The lowest BCUT2D eigenvalue weighted by Crippen LogP contribution is -2.33. The minimum atomic E-state index is -3.52. The van der Waals surface area contributed by atoms with Crippen molar-refractivity contribution < 1.29 is 13.2 Å². The van der Waals surface area contributed by atoms with Crippen LogP contribution in [0, 0.1) is 5.92 Å². The quantitative estimate of drug-likeness (QED) is 0.911. The minimum Gasteiger partial charge on any atom is -0.335 e. The SMILES string of the molecule is NS(=O)(=O)CC1CC(=O)N([C@H]2CCCc3ccccc32)C1. The molecular formula is C15H20N2O3S. The fourth-order valence-corrected chi connectivity index (χ4v) is 4.48. The Morgan fingerprint density at radius 1 is 1.29 bits per heavy atom. The molecule has 1 saturated heterocycles. The second kappa shape index (κ2) is 5.42. The van der Waals surface area contributed by atoms with Crippen molar-refractivity contribution in [2.75, 3.05) is 12.3 Å². The van der Waals surface area contributed by atoms with Crippen LogP contribution in [0.15, 0.2) is 24.3 Å². The van der Waals surface area contributed by atoms with E-state index >= 15 is 0 Å². The molecule has 2 N–H and O–H groups in total. The molecule has 0 radical (unpaired) electrons. The Hall–Kier alpha value is -1.40. The third kappa shape index (κ3) is 3.11. The second-order valence-corrected chi connectivity index (χ2v) is 7.71. The Bertz CT molecular complexity index is 657. The summed E-state index contributed by atoms with van der Waals surface area (Å²) in [6, 6.07) is 8.31. The maximum absolute atomic E-state index is 12.3. The number of amides is 1. The van der Waals surface area contributed by atoms with E-state index in [1.807, 2.05) is 17.0 Å². The first-order valence-electron chi connectivity index (χ1n) is 7.32. The number of aryl methyl sites for hydroxylation is 1.